The third-order valence-corrected chi connectivity index (χ3v) is 4.24. The average Bonchev–Trinajstić information content (AvgIpc) is 2.61. The van der Waals surface area contributed by atoms with Crippen LogP contribution in [0.1, 0.15) is 34.8 Å². The number of primary amides is 1. The molecule has 0 atom stereocenters. The number of aromatic nitrogens is 1. The Hall–Kier alpha value is -3.09. The quantitative estimate of drug-likeness (QED) is 0.658. The molecule has 4 nitrogen and oxygen atoms in total. The molecule has 1 aromatic heterocycles. The summed E-state index contributed by atoms with van der Waals surface area (Å²) in [7, 11) is 0. The van der Waals surface area contributed by atoms with Crippen molar-refractivity contribution in [2.45, 2.75) is 25.9 Å². The number of halogens is 3. The molecule has 0 radical (unpaired) electrons. The van der Waals surface area contributed by atoms with Gasteiger partial charge < -0.3 is 11.1 Å². The molecule has 0 aliphatic carbocycles. The Morgan fingerprint density at radius 1 is 1.15 bits per heavy atom. The van der Waals surface area contributed by atoms with Crippen LogP contribution in [-0.4, -0.2) is 10.9 Å². The number of nitrogens with one attached hydrogen (secondary N) is 1. The molecular weight excluding hydrogens is 355 g/mol. The zero-order valence-electron chi connectivity index (χ0n) is 14.6. The lowest BCUT2D eigenvalue weighted by Gasteiger charge is -2.13. The zero-order valence-corrected chi connectivity index (χ0v) is 14.6. The van der Waals surface area contributed by atoms with Crippen LogP contribution in [0.4, 0.5) is 24.5 Å². The lowest BCUT2D eigenvalue weighted by molar-refractivity contribution is -0.137. The van der Waals surface area contributed by atoms with E-state index in [2.05, 4.69) is 10.3 Å². The van der Waals surface area contributed by atoms with Crippen LogP contribution < -0.4 is 11.1 Å². The summed E-state index contributed by atoms with van der Waals surface area (Å²) in [6.07, 6.45) is -1.42. The van der Waals surface area contributed by atoms with Crippen molar-refractivity contribution >= 4 is 28.2 Å². The van der Waals surface area contributed by atoms with Crippen LogP contribution in [0.25, 0.3) is 10.9 Å². The Labute approximate surface area is 154 Å². The first-order valence-corrected chi connectivity index (χ1v) is 8.45. The molecule has 3 aromatic rings. The van der Waals surface area contributed by atoms with Gasteiger partial charge in [-0.25, -0.2) is 0 Å². The summed E-state index contributed by atoms with van der Waals surface area (Å²) in [4.78, 5) is 15.6. The minimum Gasteiger partial charge on any atom is -0.366 e. The maximum Gasteiger partial charge on any atom is 0.416 e. The molecule has 0 bridgehead atoms. The third-order valence-electron chi connectivity index (χ3n) is 4.24. The number of rotatable bonds is 5. The second-order valence-corrected chi connectivity index (χ2v) is 6.20. The largest absolute Gasteiger partial charge is 0.416 e. The minimum absolute atomic E-state index is 0.248. The molecule has 1 heterocycles. The Balaban J connectivity index is 1.99. The van der Waals surface area contributed by atoms with Gasteiger partial charge in [-0.05, 0) is 48.4 Å². The van der Waals surface area contributed by atoms with Gasteiger partial charge in [0.05, 0.1) is 11.1 Å². The van der Waals surface area contributed by atoms with Crippen LogP contribution in [0.5, 0.6) is 0 Å². The normalized spacial score (nSPS) is 11.6. The Morgan fingerprint density at radius 3 is 2.59 bits per heavy atom. The van der Waals surface area contributed by atoms with Crippen molar-refractivity contribution in [3.63, 3.8) is 0 Å². The van der Waals surface area contributed by atoms with E-state index < -0.39 is 17.6 Å². The van der Waals surface area contributed by atoms with Crippen molar-refractivity contribution in [2.24, 2.45) is 5.73 Å². The lowest BCUT2D eigenvalue weighted by Crippen LogP contribution is -2.14. The van der Waals surface area contributed by atoms with Gasteiger partial charge in [0.2, 0.25) is 5.91 Å². The van der Waals surface area contributed by atoms with Crippen molar-refractivity contribution in [1.29, 1.82) is 0 Å². The molecule has 1 amide bonds. The fourth-order valence-corrected chi connectivity index (χ4v) is 2.98. The van der Waals surface area contributed by atoms with E-state index in [-0.39, 0.29) is 5.52 Å². The van der Waals surface area contributed by atoms with E-state index >= 15 is 0 Å². The number of amides is 1. The van der Waals surface area contributed by atoms with E-state index in [0.717, 1.165) is 29.8 Å². The zero-order chi connectivity index (χ0) is 19.6. The summed E-state index contributed by atoms with van der Waals surface area (Å²) in [5.41, 5.74) is 7.56. The standard InChI is InChI=1S/C20H18F3N3O/c1-2-3-12-10-14(5-7-15(12)19(24)27)26-17-8-9-25-18-11-13(20(21,22)23)4-6-16(17)18/h4-11H,2-3H2,1H3,(H2,24,27)(H,25,26). The Kier molecular flexibility index (Phi) is 5.03. The second kappa shape index (κ2) is 7.26. The predicted octanol–water partition coefficient (Wildman–Crippen LogP) is 5.05. The van der Waals surface area contributed by atoms with Gasteiger partial charge in [0.25, 0.3) is 0 Å². The molecule has 3 N–H and O–H groups in total. The fraction of sp³-hybridized carbons (Fsp3) is 0.200. The number of hydrogen-bond acceptors (Lipinski definition) is 3. The van der Waals surface area contributed by atoms with E-state index in [1.807, 2.05) is 13.0 Å². The first-order valence-electron chi connectivity index (χ1n) is 8.45. The molecule has 3 rings (SSSR count). The number of carbonyl (C=O) groups is 1. The summed E-state index contributed by atoms with van der Waals surface area (Å²) in [6.45, 7) is 2.00. The number of fused-ring (bicyclic) bond motifs is 1. The Bertz CT molecular complexity index is 999. The SMILES string of the molecule is CCCc1cc(Nc2ccnc3cc(C(F)(F)F)ccc23)ccc1C(N)=O. The van der Waals surface area contributed by atoms with Gasteiger partial charge in [-0.1, -0.05) is 19.4 Å². The van der Waals surface area contributed by atoms with Gasteiger partial charge in [-0.15, -0.1) is 0 Å². The van der Waals surface area contributed by atoms with Gasteiger partial charge in [0.1, 0.15) is 0 Å². The summed E-state index contributed by atoms with van der Waals surface area (Å²) >= 11 is 0. The van der Waals surface area contributed by atoms with Gasteiger partial charge in [-0.3, -0.25) is 9.78 Å². The van der Waals surface area contributed by atoms with Crippen LogP contribution >= 0.6 is 0 Å². The van der Waals surface area contributed by atoms with Crippen LogP contribution in [0, 0.1) is 0 Å². The number of nitrogens with zero attached hydrogens (tertiary/aromatic N) is 1. The predicted molar refractivity (Wildman–Crippen MR) is 99.0 cm³/mol. The summed E-state index contributed by atoms with van der Waals surface area (Å²) in [6, 6.07) is 10.4. The average molecular weight is 373 g/mol. The van der Waals surface area contributed by atoms with Crippen LogP contribution in [0.2, 0.25) is 0 Å². The van der Waals surface area contributed by atoms with E-state index in [4.69, 9.17) is 5.73 Å². The summed E-state index contributed by atoms with van der Waals surface area (Å²) in [5.74, 6) is -0.487. The van der Waals surface area contributed by atoms with E-state index in [1.165, 1.54) is 12.3 Å². The van der Waals surface area contributed by atoms with Crippen molar-refractivity contribution in [3.05, 3.63) is 65.4 Å². The molecule has 0 aliphatic rings. The highest BCUT2D eigenvalue weighted by Gasteiger charge is 2.30. The lowest BCUT2D eigenvalue weighted by atomic mass is 10.0. The minimum atomic E-state index is -4.42. The molecule has 2 aromatic carbocycles. The topological polar surface area (TPSA) is 68.0 Å². The van der Waals surface area contributed by atoms with Gasteiger partial charge in [-0.2, -0.15) is 13.2 Å². The molecule has 0 fully saturated rings. The van der Waals surface area contributed by atoms with Crippen molar-refractivity contribution in [3.8, 4) is 0 Å². The molecule has 0 unspecified atom stereocenters. The maximum absolute atomic E-state index is 12.9. The Morgan fingerprint density at radius 2 is 1.93 bits per heavy atom. The summed E-state index contributed by atoms with van der Waals surface area (Å²) < 4.78 is 38.7. The molecule has 0 saturated carbocycles. The van der Waals surface area contributed by atoms with Gasteiger partial charge in [0.15, 0.2) is 0 Å². The summed E-state index contributed by atoms with van der Waals surface area (Å²) in [5, 5.41) is 3.77. The molecular formula is C20H18F3N3O. The van der Waals surface area contributed by atoms with E-state index in [1.54, 1.807) is 18.2 Å². The number of pyridine rings is 1. The number of anilines is 2. The number of nitrogens with two attached hydrogens (primary N) is 1. The fourth-order valence-electron chi connectivity index (χ4n) is 2.98. The van der Waals surface area contributed by atoms with Gasteiger partial charge >= 0.3 is 6.18 Å². The number of carbonyl (C=O) groups excluding carboxylic acids is 1. The molecule has 7 heteroatoms. The van der Waals surface area contributed by atoms with Crippen molar-refractivity contribution in [1.82, 2.24) is 4.98 Å². The molecule has 140 valence electrons. The maximum atomic E-state index is 12.9. The molecule has 0 spiro atoms. The highest BCUT2D eigenvalue weighted by Crippen LogP contribution is 2.33. The van der Waals surface area contributed by atoms with Crippen molar-refractivity contribution in [2.75, 3.05) is 5.32 Å². The number of aryl methyl sites for hydroxylation is 1. The van der Waals surface area contributed by atoms with Crippen LogP contribution in [0.15, 0.2) is 48.7 Å². The van der Waals surface area contributed by atoms with Gasteiger partial charge in [0, 0.05) is 28.5 Å². The van der Waals surface area contributed by atoms with Crippen LogP contribution in [-0.2, 0) is 12.6 Å². The molecule has 0 aliphatic heterocycles. The third kappa shape index (κ3) is 4.02. The second-order valence-electron chi connectivity index (χ2n) is 6.20. The highest BCUT2D eigenvalue weighted by atomic mass is 19.4. The smallest absolute Gasteiger partial charge is 0.366 e. The highest BCUT2D eigenvalue weighted by molar-refractivity contribution is 5.96. The number of benzene rings is 2. The van der Waals surface area contributed by atoms with Crippen LogP contribution in [0.3, 0.4) is 0 Å². The number of hydrogen-bond donors (Lipinski definition) is 2. The van der Waals surface area contributed by atoms with E-state index in [0.29, 0.717) is 23.1 Å². The molecule has 0 saturated heterocycles. The molecule has 27 heavy (non-hydrogen) atoms. The number of alkyl halides is 3. The monoisotopic (exact) mass is 373 g/mol. The first-order chi connectivity index (χ1) is 12.8. The van der Waals surface area contributed by atoms with Crippen molar-refractivity contribution < 1.29 is 18.0 Å². The van der Waals surface area contributed by atoms with E-state index in [9.17, 15) is 18.0 Å². The first kappa shape index (κ1) is 18.7.